The molecule has 0 unspecified atom stereocenters. The highest BCUT2D eigenvalue weighted by Gasteiger charge is 2.09. The van der Waals surface area contributed by atoms with Gasteiger partial charge in [0.1, 0.15) is 11.6 Å². The summed E-state index contributed by atoms with van der Waals surface area (Å²) in [6, 6.07) is 6.00. The summed E-state index contributed by atoms with van der Waals surface area (Å²) in [5, 5.41) is 3.80. The van der Waals surface area contributed by atoms with Crippen LogP contribution in [0.25, 0.3) is 0 Å². The van der Waals surface area contributed by atoms with Crippen LogP contribution in [-0.4, -0.2) is 12.1 Å². The quantitative estimate of drug-likeness (QED) is 0.696. The Bertz CT molecular complexity index is 637. The molecule has 0 saturated heterocycles. The summed E-state index contributed by atoms with van der Waals surface area (Å²) in [5.41, 5.74) is 3.46. The van der Waals surface area contributed by atoms with Crippen LogP contribution in [0.5, 0.6) is 0 Å². The van der Waals surface area contributed by atoms with E-state index in [0.717, 1.165) is 0 Å². The third-order valence-corrected chi connectivity index (χ3v) is 3.03. The Morgan fingerprint density at radius 3 is 2.89 bits per heavy atom. The van der Waals surface area contributed by atoms with Crippen molar-refractivity contribution in [3.8, 4) is 0 Å². The topological polar surface area (TPSA) is 54.6 Å². The summed E-state index contributed by atoms with van der Waals surface area (Å²) in [7, 11) is 0. The largest absolute Gasteiger partial charge is 0.469 e. The summed E-state index contributed by atoms with van der Waals surface area (Å²) in [4.78, 5) is 11.7. The Kier molecular flexibility index (Phi) is 4.11. The fourth-order valence-electron chi connectivity index (χ4n) is 1.44. The number of halogens is 2. The number of carbonyl (C=O) groups excluding carboxylic acids is 1. The van der Waals surface area contributed by atoms with Gasteiger partial charge in [0.2, 0.25) is 0 Å². The van der Waals surface area contributed by atoms with Crippen LogP contribution in [0.4, 0.5) is 4.39 Å². The molecule has 0 bridgehead atoms. The lowest BCUT2D eigenvalue weighted by molar-refractivity contribution is 0.0953. The van der Waals surface area contributed by atoms with Crippen molar-refractivity contribution in [1.82, 2.24) is 5.43 Å². The Morgan fingerprint density at radius 1 is 1.47 bits per heavy atom. The van der Waals surface area contributed by atoms with Crippen molar-refractivity contribution in [2.45, 2.75) is 6.92 Å². The summed E-state index contributed by atoms with van der Waals surface area (Å²) in [6.45, 7) is 1.69. The fraction of sp³-hybridized carbons (Fsp3) is 0.0769. The first-order chi connectivity index (χ1) is 9.08. The monoisotopic (exact) mass is 324 g/mol. The van der Waals surface area contributed by atoms with Gasteiger partial charge in [0.15, 0.2) is 0 Å². The molecule has 1 aromatic heterocycles. The van der Waals surface area contributed by atoms with Gasteiger partial charge in [-0.2, -0.15) is 5.10 Å². The molecule has 0 saturated carbocycles. The molecule has 0 aliphatic carbocycles. The summed E-state index contributed by atoms with van der Waals surface area (Å²) < 4.78 is 18.4. The minimum absolute atomic E-state index is 0.341. The Hall–Kier alpha value is -1.95. The molecule has 1 heterocycles. The van der Waals surface area contributed by atoms with Gasteiger partial charge in [-0.25, -0.2) is 9.82 Å². The number of hydrogen-bond donors (Lipinski definition) is 1. The zero-order valence-corrected chi connectivity index (χ0v) is 11.6. The van der Waals surface area contributed by atoms with Crippen molar-refractivity contribution in [1.29, 1.82) is 0 Å². The number of nitrogens with zero attached hydrogens (tertiary/aromatic N) is 1. The normalized spacial score (nSPS) is 10.9. The molecule has 4 nitrogen and oxygen atoms in total. The van der Waals surface area contributed by atoms with E-state index in [4.69, 9.17) is 4.42 Å². The first kappa shape index (κ1) is 13.5. The molecular formula is C13H10BrFN2O2. The van der Waals surface area contributed by atoms with Crippen molar-refractivity contribution >= 4 is 28.1 Å². The zero-order chi connectivity index (χ0) is 13.8. The number of nitrogens with one attached hydrogen (secondary N) is 1. The summed E-state index contributed by atoms with van der Waals surface area (Å²) in [5.74, 6) is -0.184. The van der Waals surface area contributed by atoms with E-state index in [1.165, 1.54) is 18.5 Å². The lowest BCUT2D eigenvalue weighted by Crippen LogP contribution is -2.17. The SMILES string of the molecule is Cc1occc1C(=O)N/N=C\c1ccc(F)c(Br)c1. The number of hydrogen-bond acceptors (Lipinski definition) is 3. The molecule has 0 aliphatic heterocycles. The fourth-order valence-corrected chi connectivity index (χ4v) is 1.84. The van der Waals surface area contributed by atoms with E-state index in [1.807, 2.05) is 0 Å². The Morgan fingerprint density at radius 2 is 2.26 bits per heavy atom. The minimum Gasteiger partial charge on any atom is -0.469 e. The predicted octanol–water partition coefficient (Wildman–Crippen LogP) is 3.25. The first-order valence-corrected chi connectivity index (χ1v) is 6.20. The van der Waals surface area contributed by atoms with Gasteiger partial charge >= 0.3 is 0 Å². The van der Waals surface area contributed by atoms with E-state index in [0.29, 0.717) is 21.4 Å². The number of furan rings is 1. The minimum atomic E-state index is -0.358. The van der Waals surface area contributed by atoms with E-state index in [9.17, 15) is 9.18 Å². The third kappa shape index (κ3) is 3.29. The van der Waals surface area contributed by atoms with Gasteiger partial charge < -0.3 is 4.42 Å². The second kappa shape index (κ2) is 5.79. The predicted molar refractivity (Wildman–Crippen MR) is 72.6 cm³/mol. The summed E-state index contributed by atoms with van der Waals surface area (Å²) in [6.07, 6.45) is 2.86. The Balaban J connectivity index is 2.02. The van der Waals surface area contributed by atoms with Gasteiger partial charge in [-0.1, -0.05) is 6.07 Å². The maximum atomic E-state index is 13.0. The first-order valence-electron chi connectivity index (χ1n) is 5.40. The van der Waals surface area contributed by atoms with Crippen molar-refractivity contribution in [2.75, 3.05) is 0 Å². The van der Waals surface area contributed by atoms with E-state index < -0.39 is 0 Å². The van der Waals surface area contributed by atoms with Crippen molar-refractivity contribution < 1.29 is 13.6 Å². The highest BCUT2D eigenvalue weighted by Crippen LogP contribution is 2.15. The lowest BCUT2D eigenvalue weighted by atomic mass is 10.2. The molecule has 19 heavy (non-hydrogen) atoms. The molecule has 2 rings (SSSR count). The maximum absolute atomic E-state index is 13.0. The smallest absolute Gasteiger partial charge is 0.274 e. The number of carbonyl (C=O) groups is 1. The molecule has 1 aromatic carbocycles. The Labute approximate surface area is 117 Å². The molecular weight excluding hydrogens is 315 g/mol. The average molecular weight is 325 g/mol. The average Bonchev–Trinajstić information content (AvgIpc) is 2.80. The standard InChI is InChI=1S/C13H10BrFN2O2/c1-8-10(4-5-19-8)13(18)17-16-7-9-2-3-12(15)11(14)6-9/h2-7H,1H3,(H,17,18)/b16-7-. The van der Waals surface area contributed by atoms with E-state index in [2.05, 4.69) is 26.5 Å². The van der Waals surface area contributed by atoms with Crippen molar-refractivity contribution in [3.05, 3.63) is 57.7 Å². The van der Waals surface area contributed by atoms with Gasteiger partial charge in [0.05, 0.1) is 22.5 Å². The van der Waals surface area contributed by atoms with Crippen LogP contribution in [0.3, 0.4) is 0 Å². The van der Waals surface area contributed by atoms with Crippen LogP contribution in [0.2, 0.25) is 0 Å². The van der Waals surface area contributed by atoms with Crippen LogP contribution in [0.15, 0.2) is 44.5 Å². The molecule has 0 radical (unpaired) electrons. The number of hydrazone groups is 1. The van der Waals surface area contributed by atoms with Gasteiger partial charge in [-0.3, -0.25) is 4.79 Å². The number of benzene rings is 1. The molecule has 0 atom stereocenters. The lowest BCUT2D eigenvalue weighted by Gasteiger charge is -1.98. The maximum Gasteiger partial charge on any atom is 0.274 e. The van der Waals surface area contributed by atoms with Gasteiger partial charge in [0, 0.05) is 0 Å². The second-order valence-electron chi connectivity index (χ2n) is 3.76. The van der Waals surface area contributed by atoms with Crippen LogP contribution >= 0.6 is 15.9 Å². The van der Waals surface area contributed by atoms with Crippen LogP contribution < -0.4 is 5.43 Å². The number of amides is 1. The molecule has 1 amide bonds. The highest BCUT2D eigenvalue weighted by atomic mass is 79.9. The summed E-state index contributed by atoms with van der Waals surface area (Å²) >= 11 is 3.07. The molecule has 0 fully saturated rings. The van der Waals surface area contributed by atoms with Crippen LogP contribution in [0.1, 0.15) is 21.7 Å². The third-order valence-electron chi connectivity index (χ3n) is 2.43. The van der Waals surface area contributed by atoms with Crippen LogP contribution in [0, 0.1) is 12.7 Å². The molecule has 1 N–H and O–H groups in total. The van der Waals surface area contributed by atoms with E-state index in [1.54, 1.807) is 25.1 Å². The number of aryl methyl sites for hydroxylation is 1. The molecule has 6 heteroatoms. The van der Waals surface area contributed by atoms with Crippen molar-refractivity contribution in [3.63, 3.8) is 0 Å². The number of rotatable bonds is 3. The van der Waals surface area contributed by atoms with Gasteiger partial charge in [0.25, 0.3) is 5.91 Å². The highest BCUT2D eigenvalue weighted by molar-refractivity contribution is 9.10. The molecule has 2 aromatic rings. The molecule has 0 spiro atoms. The molecule has 0 aliphatic rings. The van der Waals surface area contributed by atoms with Crippen molar-refractivity contribution in [2.24, 2.45) is 5.10 Å². The zero-order valence-electron chi connectivity index (χ0n) is 9.98. The van der Waals surface area contributed by atoms with E-state index >= 15 is 0 Å². The molecule has 98 valence electrons. The van der Waals surface area contributed by atoms with Crippen LogP contribution in [-0.2, 0) is 0 Å². The van der Waals surface area contributed by atoms with E-state index in [-0.39, 0.29) is 11.7 Å². The van der Waals surface area contributed by atoms with Gasteiger partial charge in [-0.15, -0.1) is 0 Å². The van der Waals surface area contributed by atoms with Gasteiger partial charge in [-0.05, 0) is 46.6 Å². The second-order valence-corrected chi connectivity index (χ2v) is 4.62.